The highest BCUT2D eigenvalue weighted by atomic mass is 16.1. The van der Waals surface area contributed by atoms with E-state index >= 15 is 0 Å². The predicted molar refractivity (Wildman–Crippen MR) is 110 cm³/mol. The number of anilines is 1. The van der Waals surface area contributed by atoms with Crippen LogP contribution in [0.3, 0.4) is 0 Å². The van der Waals surface area contributed by atoms with Crippen LogP contribution in [0.1, 0.15) is 6.92 Å². The van der Waals surface area contributed by atoms with Gasteiger partial charge in [0.15, 0.2) is 0 Å². The summed E-state index contributed by atoms with van der Waals surface area (Å²) in [5.41, 5.74) is 5.85. The number of benzene rings is 2. The average Bonchev–Trinajstić information content (AvgIpc) is 2.72. The van der Waals surface area contributed by atoms with Crippen molar-refractivity contribution in [3.63, 3.8) is 0 Å². The van der Waals surface area contributed by atoms with Crippen molar-refractivity contribution < 1.29 is 4.79 Å². The third-order valence-corrected chi connectivity index (χ3v) is 4.52. The maximum absolute atomic E-state index is 11.8. The van der Waals surface area contributed by atoms with Gasteiger partial charge in [0.05, 0.1) is 44.7 Å². The van der Waals surface area contributed by atoms with Crippen LogP contribution >= 0.6 is 0 Å². The lowest BCUT2D eigenvalue weighted by atomic mass is 10.1. The van der Waals surface area contributed by atoms with Crippen LogP contribution in [-0.4, -0.2) is 25.8 Å². The lowest BCUT2D eigenvalue weighted by Gasteiger charge is -2.11. The molecule has 0 unspecified atom stereocenters. The Labute approximate surface area is 160 Å². The molecule has 134 valence electrons. The number of hydrogen-bond acceptors (Lipinski definition) is 5. The van der Waals surface area contributed by atoms with Gasteiger partial charge in [0, 0.05) is 18.5 Å². The summed E-state index contributed by atoms with van der Waals surface area (Å²) in [5, 5.41) is 3.71. The second-order valence-electron chi connectivity index (χ2n) is 6.49. The molecule has 3 aromatic heterocycles. The molecule has 6 heteroatoms. The number of para-hydroxylation sites is 2. The zero-order valence-corrected chi connectivity index (χ0v) is 15.0. The molecule has 0 aliphatic heterocycles. The Balaban J connectivity index is 1.85. The summed E-state index contributed by atoms with van der Waals surface area (Å²) in [4.78, 5) is 30.4. The van der Waals surface area contributed by atoms with Gasteiger partial charge in [-0.3, -0.25) is 9.78 Å². The van der Waals surface area contributed by atoms with Gasteiger partial charge in [0.25, 0.3) is 0 Å². The predicted octanol–water partition coefficient (Wildman–Crippen LogP) is 4.35. The Hall–Kier alpha value is -3.93. The van der Waals surface area contributed by atoms with E-state index in [-0.39, 0.29) is 5.91 Å². The maximum atomic E-state index is 11.8. The van der Waals surface area contributed by atoms with Crippen molar-refractivity contribution in [2.45, 2.75) is 6.92 Å². The lowest BCUT2D eigenvalue weighted by molar-refractivity contribution is -0.114. The van der Waals surface area contributed by atoms with E-state index in [1.807, 2.05) is 60.7 Å². The Morgan fingerprint density at radius 2 is 1.57 bits per heavy atom. The SMILES string of the molecule is CC(=O)Nc1cc2nc3ccccc3nc2c2ccc(-c3ccccn3)nc12. The van der Waals surface area contributed by atoms with Gasteiger partial charge in [0.2, 0.25) is 5.91 Å². The van der Waals surface area contributed by atoms with E-state index < -0.39 is 0 Å². The molecule has 1 amide bonds. The van der Waals surface area contributed by atoms with E-state index in [1.165, 1.54) is 6.92 Å². The number of amides is 1. The Kier molecular flexibility index (Phi) is 3.69. The second kappa shape index (κ2) is 6.35. The molecule has 0 atom stereocenters. The van der Waals surface area contributed by atoms with Crippen molar-refractivity contribution in [1.29, 1.82) is 0 Å². The second-order valence-corrected chi connectivity index (χ2v) is 6.49. The molecule has 0 fully saturated rings. The third kappa shape index (κ3) is 2.72. The number of carbonyl (C=O) groups is 1. The molecular weight excluding hydrogens is 350 g/mol. The van der Waals surface area contributed by atoms with Crippen LogP contribution in [0.2, 0.25) is 0 Å². The minimum Gasteiger partial charge on any atom is -0.324 e. The molecule has 0 saturated carbocycles. The lowest BCUT2D eigenvalue weighted by Crippen LogP contribution is -2.07. The fourth-order valence-corrected chi connectivity index (χ4v) is 3.32. The molecule has 0 saturated heterocycles. The maximum Gasteiger partial charge on any atom is 0.221 e. The van der Waals surface area contributed by atoms with E-state index in [0.29, 0.717) is 16.7 Å². The summed E-state index contributed by atoms with van der Waals surface area (Å²) >= 11 is 0. The highest BCUT2D eigenvalue weighted by molar-refractivity contribution is 6.12. The molecule has 0 radical (unpaired) electrons. The fourth-order valence-electron chi connectivity index (χ4n) is 3.32. The molecule has 0 aliphatic carbocycles. The molecule has 0 spiro atoms. The molecule has 5 aromatic rings. The van der Waals surface area contributed by atoms with Crippen molar-refractivity contribution in [1.82, 2.24) is 19.9 Å². The van der Waals surface area contributed by atoms with E-state index in [9.17, 15) is 4.79 Å². The summed E-state index contributed by atoms with van der Waals surface area (Å²) < 4.78 is 0. The summed E-state index contributed by atoms with van der Waals surface area (Å²) in [6, 6.07) is 19.1. The number of rotatable bonds is 2. The van der Waals surface area contributed by atoms with Crippen molar-refractivity contribution in [2.24, 2.45) is 0 Å². The standard InChI is InChI=1S/C22H15N5O/c1-13(28)24-19-12-20-22(26-17-8-3-2-7-16(17)25-20)14-9-10-18(27-21(14)19)15-6-4-5-11-23-15/h2-12H,1H3,(H,24,28). The molecular formula is C22H15N5O. The quantitative estimate of drug-likeness (QED) is 0.371. The van der Waals surface area contributed by atoms with Crippen LogP contribution in [0.15, 0.2) is 66.9 Å². The van der Waals surface area contributed by atoms with E-state index in [1.54, 1.807) is 6.20 Å². The fraction of sp³-hybridized carbons (Fsp3) is 0.0455. The molecule has 0 aliphatic rings. The molecule has 6 nitrogen and oxygen atoms in total. The van der Waals surface area contributed by atoms with E-state index in [0.717, 1.165) is 33.3 Å². The molecule has 1 N–H and O–H groups in total. The zero-order chi connectivity index (χ0) is 19.1. The topological polar surface area (TPSA) is 80.7 Å². The van der Waals surface area contributed by atoms with Crippen molar-refractivity contribution >= 4 is 44.6 Å². The first-order valence-electron chi connectivity index (χ1n) is 8.88. The van der Waals surface area contributed by atoms with Crippen LogP contribution in [-0.2, 0) is 4.79 Å². The van der Waals surface area contributed by atoms with Gasteiger partial charge in [-0.25, -0.2) is 15.0 Å². The van der Waals surface area contributed by atoms with Crippen molar-refractivity contribution in [2.75, 3.05) is 5.32 Å². The van der Waals surface area contributed by atoms with Gasteiger partial charge < -0.3 is 5.32 Å². The largest absolute Gasteiger partial charge is 0.324 e. The first kappa shape index (κ1) is 16.3. The van der Waals surface area contributed by atoms with Gasteiger partial charge in [-0.15, -0.1) is 0 Å². The number of pyridine rings is 2. The molecule has 2 aromatic carbocycles. The Morgan fingerprint density at radius 3 is 2.32 bits per heavy atom. The van der Waals surface area contributed by atoms with Crippen LogP contribution in [0.25, 0.3) is 44.4 Å². The van der Waals surface area contributed by atoms with Crippen molar-refractivity contribution in [3.05, 3.63) is 66.9 Å². The van der Waals surface area contributed by atoms with Crippen LogP contribution in [0.5, 0.6) is 0 Å². The van der Waals surface area contributed by atoms with Crippen LogP contribution < -0.4 is 5.32 Å². The Bertz CT molecular complexity index is 1370. The Morgan fingerprint density at radius 1 is 0.786 bits per heavy atom. The normalized spacial score (nSPS) is 11.2. The molecule has 0 bridgehead atoms. The molecule has 28 heavy (non-hydrogen) atoms. The number of fused-ring (bicyclic) bond motifs is 4. The summed E-state index contributed by atoms with van der Waals surface area (Å²) in [7, 11) is 0. The zero-order valence-electron chi connectivity index (χ0n) is 15.0. The van der Waals surface area contributed by atoms with Gasteiger partial charge in [-0.2, -0.15) is 0 Å². The number of hydrogen-bond donors (Lipinski definition) is 1. The highest BCUT2D eigenvalue weighted by Gasteiger charge is 2.14. The monoisotopic (exact) mass is 365 g/mol. The van der Waals surface area contributed by atoms with Crippen LogP contribution in [0.4, 0.5) is 5.69 Å². The van der Waals surface area contributed by atoms with Gasteiger partial charge in [0.1, 0.15) is 0 Å². The summed E-state index contributed by atoms with van der Waals surface area (Å²) in [6.45, 7) is 1.48. The van der Waals surface area contributed by atoms with Gasteiger partial charge >= 0.3 is 0 Å². The van der Waals surface area contributed by atoms with E-state index in [2.05, 4.69) is 10.3 Å². The molecule has 5 rings (SSSR count). The number of nitrogens with zero attached hydrogens (tertiary/aromatic N) is 4. The third-order valence-electron chi connectivity index (χ3n) is 4.52. The minimum atomic E-state index is -0.167. The van der Waals surface area contributed by atoms with Gasteiger partial charge in [-0.05, 0) is 42.5 Å². The molecule has 3 heterocycles. The number of aromatic nitrogens is 4. The highest BCUT2D eigenvalue weighted by Crippen LogP contribution is 2.32. The smallest absolute Gasteiger partial charge is 0.221 e. The minimum absolute atomic E-state index is 0.167. The summed E-state index contributed by atoms with van der Waals surface area (Å²) in [5.74, 6) is -0.167. The number of nitrogens with one attached hydrogen (secondary N) is 1. The van der Waals surface area contributed by atoms with Crippen molar-refractivity contribution in [3.8, 4) is 11.4 Å². The average molecular weight is 365 g/mol. The summed E-state index contributed by atoms with van der Waals surface area (Å²) in [6.07, 6.45) is 1.73. The first-order chi connectivity index (χ1) is 13.7. The first-order valence-corrected chi connectivity index (χ1v) is 8.88. The number of carbonyl (C=O) groups excluding carboxylic acids is 1. The van der Waals surface area contributed by atoms with E-state index in [4.69, 9.17) is 15.0 Å². The van der Waals surface area contributed by atoms with Gasteiger partial charge in [-0.1, -0.05) is 18.2 Å². The van der Waals surface area contributed by atoms with Crippen LogP contribution in [0, 0.1) is 0 Å².